The molecule has 0 aliphatic heterocycles. The smallest absolute Gasteiger partial charge is 0.191 e. The number of aryl methyl sites for hydroxylation is 1. The highest BCUT2D eigenvalue weighted by Gasteiger charge is 2.03. The van der Waals surface area contributed by atoms with Gasteiger partial charge in [0.25, 0.3) is 0 Å². The number of nitrogens with zero attached hydrogens (tertiary/aromatic N) is 2. The third kappa shape index (κ3) is 6.71. The van der Waals surface area contributed by atoms with Gasteiger partial charge in [0.1, 0.15) is 0 Å². The van der Waals surface area contributed by atoms with Crippen molar-refractivity contribution >= 4 is 17.7 Å². The fraction of sp³-hybridized carbons (Fsp3) is 0.588. The zero-order valence-corrected chi connectivity index (χ0v) is 15.4. The van der Waals surface area contributed by atoms with Crippen LogP contribution in [0.15, 0.2) is 28.1 Å². The molecule has 0 saturated carbocycles. The molecule has 1 aromatic rings. The van der Waals surface area contributed by atoms with Crippen LogP contribution in [0.1, 0.15) is 25.0 Å². The molecule has 22 heavy (non-hydrogen) atoms. The first-order valence-electron chi connectivity index (χ1n) is 7.94. The van der Waals surface area contributed by atoms with E-state index in [2.05, 4.69) is 67.8 Å². The standard InChI is InChI=1S/C17H30N4S/c1-6-18-17(19-10-11-21(4)7-2)20-13-15-9-8-14(3)12-16(15)22-5/h8-9,12H,6-7,10-11,13H2,1-5H3,(H2,18,19,20). The van der Waals surface area contributed by atoms with Gasteiger partial charge in [-0.1, -0.05) is 19.1 Å². The van der Waals surface area contributed by atoms with E-state index in [1.54, 1.807) is 11.8 Å². The molecule has 0 aliphatic carbocycles. The topological polar surface area (TPSA) is 39.7 Å². The van der Waals surface area contributed by atoms with E-state index >= 15 is 0 Å². The number of hydrogen-bond acceptors (Lipinski definition) is 3. The molecule has 0 fully saturated rings. The molecule has 1 rings (SSSR count). The average Bonchev–Trinajstić information content (AvgIpc) is 2.52. The number of guanidine groups is 1. The lowest BCUT2D eigenvalue weighted by atomic mass is 10.1. The van der Waals surface area contributed by atoms with Gasteiger partial charge in [0, 0.05) is 24.5 Å². The molecule has 4 nitrogen and oxygen atoms in total. The maximum atomic E-state index is 4.71. The van der Waals surface area contributed by atoms with Crippen molar-refractivity contribution in [2.24, 2.45) is 4.99 Å². The Labute approximate surface area is 139 Å². The van der Waals surface area contributed by atoms with Crippen LogP contribution in [-0.4, -0.2) is 50.3 Å². The number of thioether (sulfide) groups is 1. The number of nitrogens with one attached hydrogen (secondary N) is 2. The van der Waals surface area contributed by atoms with E-state index in [9.17, 15) is 0 Å². The Balaban J connectivity index is 2.65. The molecule has 0 heterocycles. The fourth-order valence-corrected chi connectivity index (χ4v) is 2.71. The highest BCUT2D eigenvalue weighted by molar-refractivity contribution is 7.98. The lowest BCUT2D eigenvalue weighted by Crippen LogP contribution is -2.40. The van der Waals surface area contributed by atoms with Crippen LogP contribution in [0.3, 0.4) is 0 Å². The molecule has 0 atom stereocenters. The van der Waals surface area contributed by atoms with E-state index in [0.29, 0.717) is 6.54 Å². The van der Waals surface area contributed by atoms with E-state index < -0.39 is 0 Å². The van der Waals surface area contributed by atoms with Crippen molar-refractivity contribution in [3.05, 3.63) is 29.3 Å². The number of likely N-dealkylation sites (N-methyl/N-ethyl adjacent to an activating group) is 1. The summed E-state index contributed by atoms with van der Waals surface area (Å²) in [6.45, 7) is 10.9. The summed E-state index contributed by atoms with van der Waals surface area (Å²) in [6, 6.07) is 6.56. The minimum Gasteiger partial charge on any atom is -0.357 e. The second kappa shape index (κ2) is 10.5. The first kappa shape index (κ1) is 18.8. The SMILES string of the molecule is CCNC(=NCc1ccc(C)cc1SC)NCCN(C)CC. The van der Waals surface area contributed by atoms with E-state index in [1.165, 1.54) is 16.0 Å². The van der Waals surface area contributed by atoms with Gasteiger partial charge in [-0.15, -0.1) is 11.8 Å². The van der Waals surface area contributed by atoms with Crippen LogP contribution in [0.5, 0.6) is 0 Å². The van der Waals surface area contributed by atoms with Gasteiger partial charge >= 0.3 is 0 Å². The molecule has 2 N–H and O–H groups in total. The summed E-state index contributed by atoms with van der Waals surface area (Å²) in [5.74, 6) is 0.889. The number of aliphatic imine (C=N–C) groups is 1. The Bertz CT molecular complexity index is 474. The molecule has 0 unspecified atom stereocenters. The second-order valence-corrected chi connectivity index (χ2v) is 6.18. The fourth-order valence-electron chi connectivity index (χ4n) is 2.01. The van der Waals surface area contributed by atoms with Crippen molar-refractivity contribution in [3.63, 3.8) is 0 Å². The molecule has 124 valence electrons. The van der Waals surface area contributed by atoms with Crippen molar-refractivity contribution in [1.29, 1.82) is 0 Å². The number of benzene rings is 1. The quantitative estimate of drug-likeness (QED) is 0.439. The van der Waals surface area contributed by atoms with Gasteiger partial charge in [-0.3, -0.25) is 0 Å². The van der Waals surface area contributed by atoms with Crippen molar-refractivity contribution in [2.45, 2.75) is 32.2 Å². The molecule has 0 saturated heterocycles. The Kier molecular flexibility index (Phi) is 9.01. The highest BCUT2D eigenvalue weighted by Crippen LogP contribution is 2.22. The monoisotopic (exact) mass is 322 g/mol. The van der Waals surface area contributed by atoms with Crippen LogP contribution in [-0.2, 0) is 6.54 Å². The lowest BCUT2D eigenvalue weighted by Gasteiger charge is -2.16. The van der Waals surface area contributed by atoms with Gasteiger partial charge in [0.15, 0.2) is 5.96 Å². The first-order valence-corrected chi connectivity index (χ1v) is 9.17. The molecular weight excluding hydrogens is 292 g/mol. The largest absolute Gasteiger partial charge is 0.357 e. The summed E-state index contributed by atoms with van der Waals surface area (Å²) >= 11 is 1.78. The van der Waals surface area contributed by atoms with Crippen molar-refractivity contribution < 1.29 is 0 Å². The van der Waals surface area contributed by atoms with Crippen LogP contribution in [0.4, 0.5) is 0 Å². The van der Waals surface area contributed by atoms with Gasteiger partial charge < -0.3 is 15.5 Å². The molecule has 0 amide bonds. The lowest BCUT2D eigenvalue weighted by molar-refractivity contribution is 0.357. The minimum atomic E-state index is 0.704. The summed E-state index contributed by atoms with van der Waals surface area (Å²) in [6.07, 6.45) is 2.12. The van der Waals surface area contributed by atoms with Gasteiger partial charge in [-0.2, -0.15) is 0 Å². The van der Waals surface area contributed by atoms with E-state index in [1.807, 2.05) is 0 Å². The Morgan fingerprint density at radius 3 is 2.68 bits per heavy atom. The highest BCUT2D eigenvalue weighted by atomic mass is 32.2. The van der Waals surface area contributed by atoms with E-state index in [0.717, 1.165) is 32.1 Å². The van der Waals surface area contributed by atoms with Crippen LogP contribution >= 0.6 is 11.8 Å². The third-order valence-corrected chi connectivity index (χ3v) is 4.34. The van der Waals surface area contributed by atoms with Crippen LogP contribution in [0.25, 0.3) is 0 Å². The average molecular weight is 323 g/mol. The summed E-state index contributed by atoms with van der Waals surface area (Å²) in [4.78, 5) is 8.30. The molecule has 0 aliphatic rings. The normalized spacial score (nSPS) is 11.8. The Morgan fingerprint density at radius 2 is 2.05 bits per heavy atom. The zero-order chi connectivity index (χ0) is 16.4. The maximum Gasteiger partial charge on any atom is 0.191 e. The minimum absolute atomic E-state index is 0.704. The predicted molar refractivity (Wildman–Crippen MR) is 98.9 cm³/mol. The van der Waals surface area contributed by atoms with Crippen LogP contribution in [0, 0.1) is 6.92 Å². The van der Waals surface area contributed by atoms with E-state index in [-0.39, 0.29) is 0 Å². The van der Waals surface area contributed by atoms with Crippen molar-refractivity contribution in [1.82, 2.24) is 15.5 Å². The molecule has 5 heteroatoms. The number of rotatable bonds is 8. The Morgan fingerprint density at radius 1 is 1.27 bits per heavy atom. The number of hydrogen-bond donors (Lipinski definition) is 2. The summed E-state index contributed by atoms with van der Waals surface area (Å²) in [7, 11) is 2.13. The molecule has 0 radical (unpaired) electrons. The van der Waals surface area contributed by atoms with Gasteiger partial charge in [-0.05, 0) is 50.9 Å². The second-order valence-electron chi connectivity index (χ2n) is 5.33. The van der Waals surface area contributed by atoms with Crippen LogP contribution in [0.2, 0.25) is 0 Å². The summed E-state index contributed by atoms with van der Waals surface area (Å²) in [5, 5.41) is 6.70. The summed E-state index contributed by atoms with van der Waals surface area (Å²) in [5.41, 5.74) is 2.57. The van der Waals surface area contributed by atoms with Crippen molar-refractivity contribution in [3.8, 4) is 0 Å². The zero-order valence-electron chi connectivity index (χ0n) is 14.6. The van der Waals surface area contributed by atoms with Gasteiger partial charge in [-0.25, -0.2) is 4.99 Å². The first-order chi connectivity index (χ1) is 10.6. The third-order valence-electron chi connectivity index (χ3n) is 3.52. The Hall–Kier alpha value is -1.20. The molecule has 0 aromatic heterocycles. The molecular formula is C17H30N4S. The van der Waals surface area contributed by atoms with Crippen LogP contribution < -0.4 is 10.6 Å². The summed E-state index contributed by atoms with van der Waals surface area (Å²) < 4.78 is 0. The predicted octanol–water partition coefficient (Wildman–Crippen LogP) is 2.72. The maximum absolute atomic E-state index is 4.71. The van der Waals surface area contributed by atoms with Crippen molar-refractivity contribution in [2.75, 3.05) is 39.5 Å². The van der Waals surface area contributed by atoms with E-state index in [4.69, 9.17) is 4.99 Å². The molecule has 1 aromatic carbocycles. The molecule has 0 bridgehead atoms. The molecule has 0 spiro atoms. The van der Waals surface area contributed by atoms with Gasteiger partial charge in [0.05, 0.1) is 6.54 Å². The van der Waals surface area contributed by atoms with Gasteiger partial charge in [0.2, 0.25) is 0 Å².